The van der Waals surface area contributed by atoms with E-state index in [0.29, 0.717) is 17.0 Å². The highest BCUT2D eigenvalue weighted by Crippen LogP contribution is 2.29. The van der Waals surface area contributed by atoms with Crippen LogP contribution < -0.4 is 15.4 Å². The Labute approximate surface area is 135 Å². The van der Waals surface area contributed by atoms with Gasteiger partial charge in [0, 0.05) is 5.70 Å². The topological polar surface area (TPSA) is 76.7 Å². The summed E-state index contributed by atoms with van der Waals surface area (Å²) in [7, 11) is 1.58. The van der Waals surface area contributed by atoms with Gasteiger partial charge < -0.3 is 20.1 Å². The van der Waals surface area contributed by atoms with E-state index in [1.807, 2.05) is 26.0 Å². The fourth-order valence-corrected chi connectivity index (χ4v) is 2.34. The van der Waals surface area contributed by atoms with Crippen molar-refractivity contribution in [3.63, 3.8) is 0 Å². The van der Waals surface area contributed by atoms with E-state index in [9.17, 15) is 9.59 Å². The zero-order chi connectivity index (χ0) is 17.0. The second-order valence-corrected chi connectivity index (χ2v) is 5.47. The van der Waals surface area contributed by atoms with Crippen LogP contribution in [0.25, 0.3) is 0 Å². The Kier molecular flexibility index (Phi) is 5.26. The predicted octanol–water partition coefficient (Wildman–Crippen LogP) is 2.66. The molecule has 2 amide bonds. The number of hydrogen-bond donors (Lipinski definition) is 2. The quantitative estimate of drug-likeness (QED) is 0.818. The van der Waals surface area contributed by atoms with Crippen molar-refractivity contribution in [1.29, 1.82) is 0 Å². The average Bonchev–Trinajstić information content (AvgIpc) is 2.53. The second kappa shape index (κ2) is 7.17. The number of benzene rings is 1. The summed E-state index contributed by atoms with van der Waals surface area (Å²) < 4.78 is 10.6. The largest absolute Gasteiger partial charge is 0.497 e. The SMILES string of the molecule is CC[C@@H](C)OC(=O)C1=C(C)NC(=O)N[C@H]1c1ccc(OC)cc1. The molecule has 6 nitrogen and oxygen atoms in total. The monoisotopic (exact) mass is 318 g/mol. The van der Waals surface area contributed by atoms with Gasteiger partial charge in [-0.2, -0.15) is 0 Å². The molecular weight excluding hydrogens is 296 g/mol. The maximum Gasteiger partial charge on any atom is 0.338 e. The minimum absolute atomic E-state index is 0.183. The number of carbonyl (C=O) groups is 2. The zero-order valence-corrected chi connectivity index (χ0v) is 13.8. The van der Waals surface area contributed by atoms with Crippen LogP contribution >= 0.6 is 0 Å². The molecule has 0 radical (unpaired) electrons. The molecule has 0 unspecified atom stereocenters. The van der Waals surface area contributed by atoms with E-state index in [0.717, 1.165) is 12.0 Å². The molecule has 2 N–H and O–H groups in total. The van der Waals surface area contributed by atoms with Gasteiger partial charge in [0.1, 0.15) is 5.75 Å². The maximum atomic E-state index is 12.5. The molecule has 0 saturated carbocycles. The van der Waals surface area contributed by atoms with Crippen LogP contribution in [0.1, 0.15) is 38.8 Å². The van der Waals surface area contributed by atoms with E-state index in [4.69, 9.17) is 9.47 Å². The lowest BCUT2D eigenvalue weighted by molar-refractivity contribution is -0.144. The molecule has 1 aliphatic heterocycles. The molecule has 1 aliphatic rings. The molecule has 124 valence electrons. The van der Waals surface area contributed by atoms with Crippen LogP contribution in [0.5, 0.6) is 5.75 Å². The van der Waals surface area contributed by atoms with Crippen molar-refractivity contribution >= 4 is 12.0 Å². The van der Waals surface area contributed by atoms with Gasteiger partial charge in [-0.05, 0) is 38.0 Å². The second-order valence-electron chi connectivity index (χ2n) is 5.47. The molecule has 1 aromatic rings. The molecule has 0 fully saturated rings. The van der Waals surface area contributed by atoms with Crippen LogP contribution in [0.3, 0.4) is 0 Å². The third-order valence-electron chi connectivity index (χ3n) is 3.82. The molecular formula is C17H22N2O4. The lowest BCUT2D eigenvalue weighted by atomic mass is 9.95. The first kappa shape index (κ1) is 16.9. The Bertz CT molecular complexity index is 622. The molecule has 0 saturated heterocycles. The summed E-state index contributed by atoms with van der Waals surface area (Å²) in [5.41, 5.74) is 1.70. The van der Waals surface area contributed by atoms with E-state index in [2.05, 4.69) is 10.6 Å². The fourth-order valence-electron chi connectivity index (χ4n) is 2.34. The lowest BCUT2D eigenvalue weighted by Crippen LogP contribution is -2.45. The molecule has 0 aromatic heterocycles. The standard InChI is InChI=1S/C17H22N2O4/c1-5-10(2)23-16(20)14-11(3)18-17(21)19-15(14)12-6-8-13(22-4)9-7-12/h6-10,15H,5H2,1-4H3,(H2,18,19,21)/t10-,15+/m1/s1. The van der Waals surface area contributed by atoms with E-state index >= 15 is 0 Å². The van der Waals surface area contributed by atoms with E-state index < -0.39 is 12.0 Å². The van der Waals surface area contributed by atoms with Gasteiger partial charge in [-0.1, -0.05) is 19.1 Å². The number of rotatable bonds is 5. The van der Waals surface area contributed by atoms with E-state index in [-0.39, 0.29) is 12.1 Å². The highest BCUT2D eigenvalue weighted by Gasteiger charge is 2.32. The fraction of sp³-hybridized carbons (Fsp3) is 0.412. The molecule has 23 heavy (non-hydrogen) atoms. The molecule has 2 atom stereocenters. The van der Waals surface area contributed by atoms with Crippen molar-refractivity contribution in [3.8, 4) is 5.75 Å². The Morgan fingerprint density at radius 1 is 1.30 bits per heavy atom. The first-order valence-corrected chi connectivity index (χ1v) is 7.59. The molecule has 2 rings (SSSR count). The Balaban J connectivity index is 2.35. The molecule has 1 heterocycles. The van der Waals surface area contributed by atoms with Gasteiger partial charge in [-0.3, -0.25) is 0 Å². The third-order valence-corrected chi connectivity index (χ3v) is 3.82. The molecule has 1 aromatic carbocycles. The number of urea groups is 1. The van der Waals surface area contributed by atoms with Crippen molar-refractivity contribution in [2.45, 2.75) is 39.3 Å². The van der Waals surface area contributed by atoms with Gasteiger partial charge >= 0.3 is 12.0 Å². The van der Waals surface area contributed by atoms with E-state index in [1.165, 1.54) is 0 Å². The number of hydrogen-bond acceptors (Lipinski definition) is 4. The Hall–Kier alpha value is -2.50. The van der Waals surface area contributed by atoms with Gasteiger partial charge in [0.05, 0.1) is 24.8 Å². The summed E-state index contributed by atoms with van der Waals surface area (Å²) in [6.07, 6.45) is 0.544. The minimum Gasteiger partial charge on any atom is -0.497 e. The van der Waals surface area contributed by atoms with Crippen LogP contribution in [-0.4, -0.2) is 25.2 Å². The zero-order valence-electron chi connectivity index (χ0n) is 13.8. The highest BCUT2D eigenvalue weighted by molar-refractivity contribution is 5.95. The van der Waals surface area contributed by atoms with Crippen molar-refractivity contribution in [1.82, 2.24) is 10.6 Å². The van der Waals surface area contributed by atoms with Crippen molar-refractivity contribution in [3.05, 3.63) is 41.1 Å². The number of ether oxygens (including phenoxy) is 2. The highest BCUT2D eigenvalue weighted by atomic mass is 16.5. The third kappa shape index (κ3) is 3.83. The van der Waals surface area contributed by atoms with Gasteiger partial charge in [0.15, 0.2) is 0 Å². The summed E-state index contributed by atoms with van der Waals surface area (Å²) in [6, 6.07) is 6.32. The van der Waals surface area contributed by atoms with Crippen LogP contribution in [0.2, 0.25) is 0 Å². The molecule has 0 bridgehead atoms. The van der Waals surface area contributed by atoms with E-state index in [1.54, 1.807) is 26.2 Å². The van der Waals surface area contributed by atoms with Gasteiger partial charge in [-0.25, -0.2) is 9.59 Å². The predicted molar refractivity (Wildman–Crippen MR) is 85.9 cm³/mol. The van der Waals surface area contributed by atoms with Crippen molar-refractivity contribution in [2.24, 2.45) is 0 Å². The van der Waals surface area contributed by atoms with Gasteiger partial charge in [0.25, 0.3) is 0 Å². The Morgan fingerprint density at radius 3 is 2.52 bits per heavy atom. The number of nitrogens with one attached hydrogen (secondary N) is 2. The molecule has 0 spiro atoms. The maximum absolute atomic E-state index is 12.5. The molecule has 0 aliphatic carbocycles. The summed E-state index contributed by atoms with van der Waals surface area (Å²) in [4.78, 5) is 24.3. The number of carbonyl (C=O) groups excluding carboxylic acids is 2. The summed E-state index contributed by atoms with van der Waals surface area (Å²) in [5.74, 6) is 0.281. The minimum atomic E-state index is -0.550. The summed E-state index contributed by atoms with van der Waals surface area (Å²) in [6.45, 7) is 5.48. The summed E-state index contributed by atoms with van der Waals surface area (Å²) in [5, 5.41) is 5.40. The number of methoxy groups -OCH3 is 1. The lowest BCUT2D eigenvalue weighted by Gasteiger charge is -2.28. The first-order valence-electron chi connectivity index (χ1n) is 7.59. The van der Waals surface area contributed by atoms with Crippen molar-refractivity contribution < 1.29 is 19.1 Å². The number of amides is 2. The van der Waals surface area contributed by atoms with Gasteiger partial charge in [0.2, 0.25) is 0 Å². The van der Waals surface area contributed by atoms with Crippen LogP contribution in [-0.2, 0) is 9.53 Å². The first-order chi connectivity index (χ1) is 11.0. The van der Waals surface area contributed by atoms with Gasteiger partial charge in [-0.15, -0.1) is 0 Å². The normalized spacial score (nSPS) is 18.8. The van der Waals surface area contributed by atoms with Crippen LogP contribution in [0.4, 0.5) is 4.79 Å². The van der Waals surface area contributed by atoms with Crippen molar-refractivity contribution in [2.75, 3.05) is 7.11 Å². The Morgan fingerprint density at radius 2 is 1.96 bits per heavy atom. The average molecular weight is 318 g/mol. The smallest absolute Gasteiger partial charge is 0.338 e. The number of allylic oxidation sites excluding steroid dienone is 1. The number of esters is 1. The molecule has 6 heteroatoms. The van der Waals surface area contributed by atoms with Crippen LogP contribution in [0, 0.1) is 0 Å². The summed E-state index contributed by atoms with van der Waals surface area (Å²) >= 11 is 0. The van der Waals surface area contributed by atoms with Crippen LogP contribution in [0.15, 0.2) is 35.5 Å².